The van der Waals surface area contributed by atoms with Gasteiger partial charge in [-0.15, -0.1) is 11.8 Å². The van der Waals surface area contributed by atoms with Crippen molar-refractivity contribution in [2.45, 2.75) is 31.6 Å². The molecule has 14 heavy (non-hydrogen) atoms. The molecule has 0 unspecified atom stereocenters. The molecule has 0 aromatic heterocycles. The van der Waals surface area contributed by atoms with Crippen LogP contribution in [0.15, 0.2) is 29.2 Å². The van der Waals surface area contributed by atoms with E-state index < -0.39 is 0 Å². The van der Waals surface area contributed by atoms with Gasteiger partial charge in [-0.2, -0.15) is 0 Å². The van der Waals surface area contributed by atoms with Crippen molar-refractivity contribution in [1.29, 1.82) is 0 Å². The van der Waals surface area contributed by atoms with Crippen LogP contribution in [-0.4, -0.2) is 11.5 Å². The van der Waals surface area contributed by atoms with E-state index in [0.29, 0.717) is 0 Å². The lowest BCUT2D eigenvalue weighted by molar-refractivity contribution is 0.101. The molecule has 2 heteroatoms. The smallest absolute Gasteiger partial charge is 0.160 e. The van der Waals surface area contributed by atoms with E-state index in [1.807, 2.05) is 24.3 Å². The van der Waals surface area contributed by atoms with E-state index in [1.54, 1.807) is 18.7 Å². The highest BCUT2D eigenvalue weighted by Gasteiger charge is 2.05. The first kappa shape index (κ1) is 11.3. The second kappa shape index (κ2) is 5.86. The van der Waals surface area contributed by atoms with Gasteiger partial charge < -0.3 is 0 Å². The van der Waals surface area contributed by atoms with Crippen LogP contribution in [-0.2, 0) is 0 Å². The van der Waals surface area contributed by atoms with Crippen LogP contribution < -0.4 is 0 Å². The predicted molar refractivity (Wildman–Crippen MR) is 62.1 cm³/mol. The van der Waals surface area contributed by atoms with E-state index in [-0.39, 0.29) is 5.78 Å². The monoisotopic (exact) mass is 208 g/mol. The van der Waals surface area contributed by atoms with E-state index in [0.717, 1.165) is 16.2 Å². The van der Waals surface area contributed by atoms with Gasteiger partial charge in [-0.25, -0.2) is 0 Å². The van der Waals surface area contributed by atoms with Gasteiger partial charge in [0.25, 0.3) is 0 Å². The third-order valence-corrected chi connectivity index (χ3v) is 3.18. The molecule has 0 saturated heterocycles. The Kier molecular flexibility index (Phi) is 4.74. The van der Waals surface area contributed by atoms with Crippen LogP contribution in [0, 0.1) is 0 Å². The quantitative estimate of drug-likeness (QED) is 0.416. The second-order valence-corrected chi connectivity index (χ2v) is 4.39. The normalized spacial score (nSPS) is 10.1. The predicted octanol–water partition coefficient (Wildman–Crippen LogP) is 3.78. The lowest BCUT2D eigenvalue weighted by Crippen LogP contribution is -1.94. The molecule has 0 aliphatic heterocycles. The van der Waals surface area contributed by atoms with Crippen LogP contribution in [0.5, 0.6) is 0 Å². The first-order valence-corrected chi connectivity index (χ1v) is 5.97. The molecule has 0 N–H and O–H groups in total. The largest absolute Gasteiger partial charge is 0.294 e. The first-order valence-electron chi connectivity index (χ1n) is 4.98. The Hall–Kier alpha value is -0.760. The number of hydrogen-bond acceptors (Lipinski definition) is 2. The van der Waals surface area contributed by atoms with Gasteiger partial charge >= 0.3 is 0 Å². The Bertz CT molecular complexity index is 307. The Balaban J connectivity index is 2.69. The zero-order valence-electron chi connectivity index (χ0n) is 8.75. The Labute approximate surface area is 89.9 Å². The zero-order valence-corrected chi connectivity index (χ0v) is 9.56. The first-order chi connectivity index (χ1) is 6.75. The molecule has 0 atom stereocenters. The standard InChI is InChI=1S/C12H16OS/c1-3-4-9-14-12-8-6-5-7-11(12)10(2)13/h5-8H,3-4,9H2,1-2H3. The lowest BCUT2D eigenvalue weighted by atomic mass is 10.1. The third kappa shape index (κ3) is 3.18. The molecule has 1 aromatic carbocycles. The number of rotatable bonds is 5. The minimum atomic E-state index is 0.157. The maximum absolute atomic E-state index is 11.3. The van der Waals surface area contributed by atoms with Crippen molar-refractivity contribution in [2.75, 3.05) is 5.75 Å². The number of benzene rings is 1. The summed E-state index contributed by atoms with van der Waals surface area (Å²) in [7, 11) is 0. The van der Waals surface area contributed by atoms with Crippen molar-refractivity contribution in [1.82, 2.24) is 0 Å². The highest BCUT2D eigenvalue weighted by molar-refractivity contribution is 7.99. The van der Waals surface area contributed by atoms with E-state index in [9.17, 15) is 4.79 Å². The lowest BCUT2D eigenvalue weighted by Gasteiger charge is -2.05. The van der Waals surface area contributed by atoms with Crippen LogP contribution in [0.1, 0.15) is 37.0 Å². The minimum absolute atomic E-state index is 0.157. The Morgan fingerprint density at radius 1 is 1.36 bits per heavy atom. The van der Waals surface area contributed by atoms with Crippen LogP contribution in [0.4, 0.5) is 0 Å². The molecule has 0 aliphatic carbocycles. The summed E-state index contributed by atoms with van der Waals surface area (Å²) in [5, 5.41) is 0. The fraction of sp³-hybridized carbons (Fsp3) is 0.417. The Morgan fingerprint density at radius 2 is 2.07 bits per heavy atom. The van der Waals surface area contributed by atoms with E-state index in [4.69, 9.17) is 0 Å². The van der Waals surface area contributed by atoms with E-state index in [2.05, 4.69) is 6.92 Å². The van der Waals surface area contributed by atoms with Gasteiger partial charge in [-0.3, -0.25) is 4.79 Å². The fourth-order valence-corrected chi connectivity index (χ4v) is 2.40. The molecule has 0 radical (unpaired) electrons. The van der Waals surface area contributed by atoms with Crippen molar-refractivity contribution in [3.63, 3.8) is 0 Å². The van der Waals surface area contributed by atoms with Crippen molar-refractivity contribution in [3.8, 4) is 0 Å². The fourth-order valence-electron chi connectivity index (χ4n) is 1.21. The highest BCUT2D eigenvalue weighted by atomic mass is 32.2. The van der Waals surface area contributed by atoms with Gasteiger partial charge in [-0.1, -0.05) is 31.5 Å². The van der Waals surface area contributed by atoms with Gasteiger partial charge in [0.15, 0.2) is 5.78 Å². The van der Waals surface area contributed by atoms with E-state index >= 15 is 0 Å². The number of unbranched alkanes of at least 4 members (excludes halogenated alkanes) is 1. The molecule has 0 saturated carbocycles. The molecular weight excluding hydrogens is 192 g/mol. The Morgan fingerprint density at radius 3 is 2.71 bits per heavy atom. The van der Waals surface area contributed by atoms with Gasteiger partial charge in [0.1, 0.15) is 0 Å². The van der Waals surface area contributed by atoms with Crippen LogP contribution in [0.25, 0.3) is 0 Å². The summed E-state index contributed by atoms with van der Waals surface area (Å²) < 4.78 is 0. The number of hydrogen-bond donors (Lipinski definition) is 0. The number of ketones is 1. The minimum Gasteiger partial charge on any atom is -0.294 e. The molecule has 1 nitrogen and oxygen atoms in total. The second-order valence-electron chi connectivity index (χ2n) is 3.25. The molecule has 0 bridgehead atoms. The zero-order chi connectivity index (χ0) is 10.4. The van der Waals surface area contributed by atoms with Gasteiger partial charge in [-0.05, 0) is 25.2 Å². The summed E-state index contributed by atoms with van der Waals surface area (Å²) in [6, 6.07) is 7.83. The number of carbonyl (C=O) groups is 1. The van der Waals surface area contributed by atoms with E-state index in [1.165, 1.54) is 12.8 Å². The summed E-state index contributed by atoms with van der Waals surface area (Å²) in [5.41, 5.74) is 0.855. The number of carbonyl (C=O) groups excluding carboxylic acids is 1. The summed E-state index contributed by atoms with van der Waals surface area (Å²) in [5.74, 6) is 1.26. The summed E-state index contributed by atoms with van der Waals surface area (Å²) in [6.07, 6.45) is 2.41. The molecule has 0 fully saturated rings. The average Bonchev–Trinajstić information content (AvgIpc) is 2.19. The summed E-state index contributed by atoms with van der Waals surface area (Å²) >= 11 is 1.78. The van der Waals surface area contributed by atoms with Crippen molar-refractivity contribution in [3.05, 3.63) is 29.8 Å². The third-order valence-electron chi connectivity index (χ3n) is 2.02. The average molecular weight is 208 g/mol. The molecule has 76 valence electrons. The van der Waals surface area contributed by atoms with Crippen LogP contribution >= 0.6 is 11.8 Å². The molecule has 1 aromatic rings. The van der Waals surface area contributed by atoms with Crippen molar-refractivity contribution < 1.29 is 4.79 Å². The summed E-state index contributed by atoms with van der Waals surface area (Å²) in [4.78, 5) is 12.4. The van der Waals surface area contributed by atoms with Crippen LogP contribution in [0.2, 0.25) is 0 Å². The molecule has 0 heterocycles. The van der Waals surface area contributed by atoms with Crippen molar-refractivity contribution >= 4 is 17.5 Å². The maximum atomic E-state index is 11.3. The summed E-state index contributed by atoms with van der Waals surface area (Å²) in [6.45, 7) is 3.80. The molecule has 0 amide bonds. The number of thioether (sulfide) groups is 1. The van der Waals surface area contributed by atoms with Crippen molar-refractivity contribution in [2.24, 2.45) is 0 Å². The van der Waals surface area contributed by atoms with Gasteiger partial charge in [0.2, 0.25) is 0 Å². The van der Waals surface area contributed by atoms with Crippen LogP contribution in [0.3, 0.4) is 0 Å². The molecule has 1 rings (SSSR count). The SMILES string of the molecule is CCCCSc1ccccc1C(C)=O. The molecule has 0 spiro atoms. The molecule has 0 aliphatic rings. The maximum Gasteiger partial charge on any atom is 0.160 e. The molecular formula is C12H16OS. The topological polar surface area (TPSA) is 17.1 Å². The van der Waals surface area contributed by atoms with Gasteiger partial charge in [0.05, 0.1) is 0 Å². The van der Waals surface area contributed by atoms with Gasteiger partial charge in [0, 0.05) is 10.5 Å². The number of Topliss-reactive ketones (excluding diaryl/α,β-unsaturated/α-hetero) is 1. The highest BCUT2D eigenvalue weighted by Crippen LogP contribution is 2.23.